The van der Waals surface area contributed by atoms with Gasteiger partial charge >= 0.3 is 0 Å². The van der Waals surface area contributed by atoms with Crippen LogP contribution in [0, 0.1) is 5.82 Å². The molecule has 4 aromatic rings. The molecule has 0 spiro atoms. The highest BCUT2D eigenvalue weighted by molar-refractivity contribution is 5.88. The lowest BCUT2D eigenvalue weighted by Crippen LogP contribution is -2.28. The van der Waals surface area contributed by atoms with Gasteiger partial charge in [-0.05, 0) is 53.5 Å². The molecule has 0 N–H and O–H groups in total. The number of halogens is 1. The molecule has 0 radical (unpaired) electrons. The van der Waals surface area contributed by atoms with Crippen LogP contribution in [-0.4, -0.2) is 25.1 Å². The first-order valence-corrected chi connectivity index (χ1v) is 10.5. The van der Waals surface area contributed by atoms with Crippen LogP contribution in [-0.2, 0) is 6.54 Å². The maximum Gasteiger partial charge on any atom is 0.176 e. The molecule has 5 rings (SSSR count). The Morgan fingerprint density at radius 2 is 1.81 bits per heavy atom. The monoisotopic (exact) mass is 413 g/mol. The molecule has 0 saturated heterocycles. The lowest BCUT2D eigenvalue weighted by Gasteiger charge is -2.26. The fraction of sp³-hybridized carbons (Fsp3) is 0.185. The molecule has 0 atom stereocenters. The molecule has 1 aromatic heterocycles. The van der Waals surface area contributed by atoms with Crippen LogP contribution in [0.5, 0.6) is 5.75 Å². The molecule has 0 unspecified atom stereocenters. The Bertz CT molecular complexity index is 1240. The van der Waals surface area contributed by atoms with E-state index in [1.165, 1.54) is 17.2 Å². The Labute approximate surface area is 181 Å². The van der Waals surface area contributed by atoms with E-state index in [0.717, 1.165) is 37.0 Å². The van der Waals surface area contributed by atoms with E-state index in [1.54, 1.807) is 19.2 Å². The third kappa shape index (κ3) is 3.99. The summed E-state index contributed by atoms with van der Waals surface area (Å²) < 4.78 is 25.8. The summed E-state index contributed by atoms with van der Waals surface area (Å²) in [6.45, 7) is 2.74. The number of furan rings is 1. The Morgan fingerprint density at radius 3 is 2.55 bits per heavy atom. The summed E-state index contributed by atoms with van der Waals surface area (Å²) in [5.41, 5.74) is 4.98. The second kappa shape index (κ2) is 8.40. The molecule has 31 heavy (non-hydrogen) atoms. The molecule has 0 saturated carbocycles. The van der Waals surface area contributed by atoms with E-state index in [1.807, 2.05) is 18.2 Å². The zero-order valence-corrected chi connectivity index (χ0v) is 17.5. The fourth-order valence-electron chi connectivity index (χ4n) is 4.24. The van der Waals surface area contributed by atoms with Gasteiger partial charge < -0.3 is 9.15 Å². The summed E-state index contributed by atoms with van der Waals surface area (Å²) >= 11 is 0. The first-order chi connectivity index (χ1) is 15.2. The van der Waals surface area contributed by atoms with Crippen molar-refractivity contribution in [1.29, 1.82) is 0 Å². The lowest BCUT2D eigenvalue weighted by molar-refractivity contribution is 0.293. The summed E-state index contributed by atoms with van der Waals surface area (Å²) in [5, 5.41) is 0.921. The topological polar surface area (TPSA) is 25.6 Å². The molecule has 3 aromatic carbocycles. The summed E-state index contributed by atoms with van der Waals surface area (Å²) in [5.74, 6) is 0.889. The van der Waals surface area contributed by atoms with Gasteiger partial charge in [-0.25, -0.2) is 4.39 Å². The molecule has 1 aliphatic rings. The van der Waals surface area contributed by atoms with Crippen molar-refractivity contribution < 1.29 is 13.5 Å². The summed E-state index contributed by atoms with van der Waals surface area (Å²) in [4.78, 5) is 2.42. The van der Waals surface area contributed by atoms with Crippen molar-refractivity contribution >= 4 is 16.5 Å². The number of fused-ring (bicyclic) bond motifs is 1. The maximum atomic E-state index is 14.2. The molecule has 4 heteroatoms. The first kappa shape index (κ1) is 19.6. The van der Waals surface area contributed by atoms with Crippen molar-refractivity contribution in [3.8, 4) is 17.1 Å². The minimum atomic E-state index is -0.296. The summed E-state index contributed by atoms with van der Waals surface area (Å²) in [6.07, 6.45) is 3.36. The van der Waals surface area contributed by atoms with Gasteiger partial charge in [0, 0.05) is 25.0 Å². The van der Waals surface area contributed by atoms with Crippen LogP contribution in [0.25, 0.3) is 27.9 Å². The SMILES string of the molecule is COc1cc(CN2CC=C(c3ccccc3)CC2)cc2cc(-c3ccccc3F)oc12. The van der Waals surface area contributed by atoms with Crippen LogP contribution in [0.1, 0.15) is 17.5 Å². The van der Waals surface area contributed by atoms with Gasteiger partial charge in [-0.3, -0.25) is 4.90 Å². The number of rotatable bonds is 5. The molecular formula is C27H24FNO2. The number of hydrogen-bond acceptors (Lipinski definition) is 3. The average Bonchev–Trinajstić information content (AvgIpc) is 3.24. The van der Waals surface area contributed by atoms with Gasteiger partial charge in [-0.15, -0.1) is 0 Å². The van der Waals surface area contributed by atoms with Crippen LogP contribution < -0.4 is 4.74 Å². The predicted molar refractivity (Wildman–Crippen MR) is 122 cm³/mol. The van der Waals surface area contributed by atoms with Crippen LogP contribution in [0.15, 0.2) is 83.3 Å². The third-order valence-corrected chi connectivity index (χ3v) is 5.85. The van der Waals surface area contributed by atoms with Crippen LogP contribution >= 0.6 is 0 Å². The first-order valence-electron chi connectivity index (χ1n) is 10.5. The van der Waals surface area contributed by atoms with Gasteiger partial charge in [-0.1, -0.05) is 48.5 Å². The quantitative estimate of drug-likeness (QED) is 0.372. The maximum absolute atomic E-state index is 14.2. The highest BCUT2D eigenvalue weighted by Gasteiger charge is 2.17. The lowest BCUT2D eigenvalue weighted by atomic mass is 9.99. The standard InChI is InChI=1S/C27H24FNO2/c1-30-26-16-19(18-29-13-11-21(12-14-29)20-7-3-2-4-8-20)15-22-17-25(31-27(22)26)23-9-5-6-10-24(23)28/h2-11,15-17H,12-14,18H2,1H3. The van der Waals surface area contributed by atoms with Gasteiger partial charge in [0.15, 0.2) is 11.3 Å². The van der Waals surface area contributed by atoms with E-state index in [4.69, 9.17) is 9.15 Å². The van der Waals surface area contributed by atoms with Crippen molar-refractivity contribution in [2.24, 2.45) is 0 Å². The largest absolute Gasteiger partial charge is 0.493 e. The van der Waals surface area contributed by atoms with E-state index in [9.17, 15) is 4.39 Å². The minimum absolute atomic E-state index is 0.296. The average molecular weight is 413 g/mol. The van der Waals surface area contributed by atoms with E-state index in [0.29, 0.717) is 22.7 Å². The van der Waals surface area contributed by atoms with Crippen molar-refractivity contribution in [3.05, 3.63) is 95.8 Å². The van der Waals surface area contributed by atoms with Gasteiger partial charge in [0.1, 0.15) is 11.6 Å². The number of ether oxygens (including phenoxy) is 1. The number of benzene rings is 3. The molecule has 0 bridgehead atoms. The zero-order chi connectivity index (χ0) is 21.2. The van der Waals surface area contributed by atoms with Crippen LogP contribution in [0.2, 0.25) is 0 Å². The third-order valence-electron chi connectivity index (χ3n) is 5.85. The highest BCUT2D eigenvalue weighted by Crippen LogP contribution is 2.36. The summed E-state index contributed by atoms with van der Waals surface area (Å²) in [7, 11) is 1.64. The van der Waals surface area contributed by atoms with Crippen molar-refractivity contribution in [2.75, 3.05) is 20.2 Å². The molecule has 0 amide bonds. The smallest absolute Gasteiger partial charge is 0.176 e. The molecule has 0 fully saturated rings. The normalized spacial score (nSPS) is 14.6. The molecule has 156 valence electrons. The molecule has 3 nitrogen and oxygen atoms in total. The van der Waals surface area contributed by atoms with E-state index in [-0.39, 0.29) is 5.82 Å². The van der Waals surface area contributed by atoms with Gasteiger partial charge in [0.25, 0.3) is 0 Å². The number of methoxy groups -OCH3 is 1. The molecular weight excluding hydrogens is 389 g/mol. The minimum Gasteiger partial charge on any atom is -0.493 e. The summed E-state index contributed by atoms with van der Waals surface area (Å²) in [6, 6.07) is 23.3. The molecule has 0 aliphatic carbocycles. The van der Waals surface area contributed by atoms with Crippen LogP contribution in [0.4, 0.5) is 4.39 Å². The Morgan fingerprint density at radius 1 is 1.00 bits per heavy atom. The van der Waals surface area contributed by atoms with E-state index < -0.39 is 0 Å². The van der Waals surface area contributed by atoms with Crippen LogP contribution in [0.3, 0.4) is 0 Å². The molecule has 1 aliphatic heterocycles. The predicted octanol–water partition coefficient (Wildman–Crippen LogP) is 6.54. The fourth-order valence-corrected chi connectivity index (χ4v) is 4.24. The Balaban J connectivity index is 1.39. The molecule has 2 heterocycles. The van der Waals surface area contributed by atoms with Gasteiger partial charge in [-0.2, -0.15) is 0 Å². The Hall–Kier alpha value is -3.37. The highest BCUT2D eigenvalue weighted by atomic mass is 19.1. The number of hydrogen-bond donors (Lipinski definition) is 0. The van der Waals surface area contributed by atoms with Gasteiger partial charge in [0.2, 0.25) is 0 Å². The van der Waals surface area contributed by atoms with E-state index >= 15 is 0 Å². The van der Waals surface area contributed by atoms with E-state index in [2.05, 4.69) is 47.4 Å². The zero-order valence-electron chi connectivity index (χ0n) is 17.5. The second-order valence-electron chi connectivity index (χ2n) is 7.89. The van der Waals surface area contributed by atoms with Crippen molar-refractivity contribution in [1.82, 2.24) is 4.90 Å². The Kier molecular flexibility index (Phi) is 5.31. The van der Waals surface area contributed by atoms with Crippen molar-refractivity contribution in [3.63, 3.8) is 0 Å². The van der Waals surface area contributed by atoms with Crippen molar-refractivity contribution in [2.45, 2.75) is 13.0 Å². The second-order valence-corrected chi connectivity index (χ2v) is 7.89. The number of nitrogens with zero attached hydrogens (tertiary/aromatic N) is 1. The van der Waals surface area contributed by atoms with Gasteiger partial charge in [0.05, 0.1) is 12.7 Å².